The normalized spacial score (nSPS) is 26.1. The van der Waals surface area contributed by atoms with Crippen molar-refractivity contribution >= 4 is 17.3 Å². The molecule has 0 spiro atoms. The molecule has 2 aliphatic rings. The second kappa shape index (κ2) is 5.96. The average molecular weight is 287 g/mol. The fraction of sp³-hybridized carbons (Fsp3) is 0.588. The number of nitrogens with zero attached hydrogens (tertiary/aromatic N) is 2. The zero-order valence-corrected chi connectivity index (χ0v) is 12.8. The molecule has 114 valence electrons. The van der Waals surface area contributed by atoms with Gasteiger partial charge >= 0.3 is 0 Å². The number of nitrogen functional groups attached to an aromatic ring is 1. The lowest BCUT2D eigenvalue weighted by atomic mass is 9.96. The SMILES string of the molecule is CC1CCCC1C(=O)N1CCN(c2cccc(N)c2)CC1. The van der Waals surface area contributed by atoms with Gasteiger partial charge in [0.15, 0.2) is 0 Å². The topological polar surface area (TPSA) is 49.6 Å². The molecule has 2 atom stereocenters. The first kappa shape index (κ1) is 14.2. The minimum absolute atomic E-state index is 0.268. The maximum absolute atomic E-state index is 12.6. The Balaban J connectivity index is 1.59. The highest BCUT2D eigenvalue weighted by molar-refractivity contribution is 5.79. The first-order valence-corrected chi connectivity index (χ1v) is 8.04. The molecule has 2 N–H and O–H groups in total. The van der Waals surface area contributed by atoms with Crippen LogP contribution in [0.4, 0.5) is 11.4 Å². The van der Waals surface area contributed by atoms with E-state index in [1.165, 1.54) is 12.8 Å². The number of carbonyl (C=O) groups excluding carboxylic acids is 1. The number of hydrogen-bond acceptors (Lipinski definition) is 3. The van der Waals surface area contributed by atoms with Gasteiger partial charge in [-0.3, -0.25) is 4.79 Å². The van der Waals surface area contributed by atoms with Crippen molar-refractivity contribution < 1.29 is 4.79 Å². The van der Waals surface area contributed by atoms with Gasteiger partial charge in [-0.1, -0.05) is 19.4 Å². The van der Waals surface area contributed by atoms with Gasteiger partial charge in [-0.15, -0.1) is 0 Å². The van der Waals surface area contributed by atoms with Crippen LogP contribution in [0.5, 0.6) is 0 Å². The van der Waals surface area contributed by atoms with Gasteiger partial charge in [0.05, 0.1) is 0 Å². The molecular formula is C17H25N3O. The van der Waals surface area contributed by atoms with Crippen LogP contribution in [-0.2, 0) is 4.79 Å². The van der Waals surface area contributed by atoms with E-state index in [9.17, 15) is 4.79 Å². The molecule has 4 nitrogen and oxygen atoms in total. The number of rotatable bonds is 2. The van der Waals surface area contributed by atoms with Gasteiger partial charge in [0.25, 0.3) is 0 Å². The van der Waals surface area contributed by atoms with Crippen molar-refractivity contribution in [1.29, 1.82) is 0 Å². The number of hydrogen-bond donors (Lipinski definition) is 1. The van der Waals surface area contributed by atoms with E-state index in [0.29, 0.717) is 11.8 Å². The molecule has 2 unspecified atom stereocenters. The van der Waals surface area contributed by atoms with Gasteiger partial charge in [-0.05, 0) is 37.0 Å². The Bertz CT molecular complexity index is 509. The predicted octanol–water partition coefficient (Wildman–Crippen LogP) is 2.35. The fourth-order valence-electron chi connectivity index (χ4n) is 3.65. The van der Waals surface area contributed by atoms with Crippen LogP contribution in [0.3, 0.4) is 0 Å². The van der Waals surface area contributed by atoms with Crippen molar-refractivity contribution in [3.8, 4) is 0 Å². The van der Waals surface area contributed by atoms with E-state index >= 15 is 0 Å². The van der Waals surface area contributed by atoms with Crippen LogP contribution in [0.2, 0.25) is 0 Å². The minimum Gasteiger partial charge on any atom is -0.399 e. The molecule has 1 aromatic rings. The first-order chi connectivity index (χ1) is 10.1. The molecule has 1 aliphatic heterocycles. The summed E-state index contributed by atoms with van der Waals surface area (Å²) in [7, 11) is 0. The van der Waals surface area contributed by atoms with E-state index in [1.54, 1.807) is 0 Å². The van der Waals surface area contributed by atoms with Crippen molar-refractivity contribution in [2.24, 2.45) is 11.8 Å². The molecule has 0 radical (unpaired) electrons. The number of nitrogens with two attached hydrogens (primary N) is 1. The van der Waals surface area contributed by atoms with Gasteiger partial charge in [-0.2, -0.15) is 0 Å². The largest absolute Gasteiger partial charge is 0.399 e. The van der Waals surface area contributed by atoms with Crippen LogP contribution < -0.4 is 10.6 Å². The molecular weight excluding hydrogens is 262 g/mol. The van der Waals surface area contributed by atoms with E-state index in [4.69, 9.17) is 5.73 Å². The third kappa shape index (κ3) is 2.99. The van der Waals surface area contributed by atoms with Crippen LogP contribution in [-0.4, -0.2) is 37.0 Å². The second-order valence-corrected chi connectivity index (χ2v) is 6.42. The lowest BCUT2D eigenvalue weighted by Crippen LogP contribution is -2.50. The Morgan fingerprint density at radius 3 is 2.57 bits per heavy atom. The van der Waals surface area contributed by atoms with E-state index in [-0.39, 0.29) is 5.92 Å². The molecule has 1 heterocycles. The number of benzene rings is 1. The third-order valence-corrected chi connectivity index (χ3v) is 5.01. The molecule has 21 heavy (non-hydrogen) atoms. The fourth-order valence-corrected chi connectivity index (χ4v) is 3.65. The van der Waals surface area contributed by atoms with Crippen molar-refractivity contribution in [2.45, 2.75) is 26.2 Å². The summed E-state index contributed by atoms with van der Waals surface area (Å²) < 4.78 is 0. The second-order valence-electron chi connectivity index (χ2n) is 6.42. The Morgan fingerprint density at radius 2 is 1.95 bits per heavy atom. The standard InChI is InChI=1S/C17H25N3O/c1-13-4-2-7-16(13)17(21)20-10-8-19(9-11-20)15-6-3-5-14(18)12-15/h3,5-6,12-13,16H,2,4,7-11,18H2,1H3. The molecule has 1 saturated heterocycles. The maximum Gasteiger partial charge on any atom is 0.226 e. The third-order valence-electron chi connectivity index (χ3n) is 5.01. The van der Waals surface area contributed by atoms with Crippen molar-refractivity contribution in [2.75, 3.05) is 36.8 Å². The number of anilines is 2. The van der Waals surface area contributed by atoms with Crippen LogP contribution in [0.1, 0.15) is 26.2 Å². The predicted molar refractivity (Wildman–Crippen MR) is 86.2 cm³/mol. The van der Waals surface area contributed by atoms with Gasteiger partial charge in [0, 0.05) is 43.5 Å². The van der Waals surface area contributed by atoms with Crippen LogP contribution >= 0.6 is 0 Å². The number of carbonyl (C=O) groups is 1. The summed E-state index contributed by atoms with van der Waals surface area (Å²) in [6, 6.07) is 8.00. The smallest absolute Gasteiger partial charge is 0.226 e. The zero-order chi connectivity index (χ0) is 14.8. The van der Waals surface area contributed by atoms with Crippen molar-refractivity contribution in [1.82, 2.24) is 4.90 Å². The van der Waals surface area contributed by atoms with Crippen molar-refractivity contribution in [3.05, 3.63) is 24.3 Å². The van der Waals surface area contributed by atoms with Crippen LogP contribution in [0.15, 0.2) is 24.3 Å². The number of piperazine rings is 1. The van der Waals surface area contributed by atoms with E-state index in [0.717, 1.165) is 44.0 Å². The van der Waals surface area contributed by atoms with E-state index in [1.807, 2.05) is 18.2 Å². The van der Waals surface area contributed by atoms with Crippen molar-refractivity contribution in [3.63, 3.8) is 0 Å². The molecule has 1 aliphatic carbocycles. The lowest BCUT2D eigenvalue weighted by molar-refractivity contribution is -0.136. The zero-order valence-electron chi connectivity index (χ0n) is 12.8. The molecule has 1 aromatic carbocycles. The summed E-state index contributed by atoms with van der Waals surface area (Å²) in [5.74, 6) is 1.21. The molecule has 4 heteroatoms. The molecule has 3 rings (SSSR count). The van der Waals surface area contributed by atoms with E-state index in [2.05, 4.69) is 22.8 Å². The number of amides is 1. The molecule has 0 bridgehead atoms. The summed E-state index contributed by atoms with van der Waals surface area (Å²) in [4.78, 5) is 17.0. The highest BCUT2D eigenvalue weighted by Gasteiger charge is 2.33. The quantitative estimate of drug-likeness (QED) is 0.850. The Labute approximate surface area is 126 Å². The minimum atomic E-state index is 0.268. The Kier molecular flexibility index (Phi) is 4.04. The summed E-state index contributed by atoms with van der Waals surface area (Å²) in [6.45, 7) is 5.68. The highest BCUT2D eigenvalue weighted by atomic mass is 16.2. The Morgan fingerprint density at radius 1 is 1.19 bits per heavy atom. The van der Waals surface area contributed by atoms with Crippen LogP contribution in [0.25, 0.3) is 0 Å². The average Bonchev–Trinajstić information content (AvgIpc) is 2.93. The van der Waals surface area contributed by atoms with Crippen LogP contribution in [0, 0.1) is 11.8 Å². The highest BCUT2D eigenvalue weighted by Crippen LogP contribution is 2.33. The first-order valence-electron chi connectivity index (χ1n) is 8.04. The van der Waals surface area contributed by atoms with Gasteiger partial charge in [-0.25, -0.2) is 0 Å². The lowest BCUT2D eigenvalue weighted by Gasteiger charge is -2.37. The monoisotopic (exact) mass is 287 g/mol. The Hall–Kier alpha value is -1.71. The summed E-state index contributed by atoms with van der Waals surface area (Å²) in [5, 5.41) is 0. The van der Waals surface area contributed by atoms with Gasteiger partial charge < -0.3 is 15.5 Å². The molecule has 1 amide bonds. The summed E-state index contributed by atoms with van der Waals surface area (Å²) in [6.07, 6.45) is 3.50. The molecule has 2 fully saturated rings. The van der Waals surface area contributed by atoms with E-state index < -0.39 is 0 Å². The summed E-state index contributed by atoms with van der Waals surface area (Å²) in [5.41, 5.74) is 7.81. The van der Waals surface area contributed by atoms with Gasteiger partial charge in [0.1, 0.15) is 0 Å². The van der Waals surface area contributed by atoms with Gasteiger partial charge in [0.2, 0.25) is 5.91 Å². The summed E-state index contributed by atoms with van der Waals surface area (Å²) >= 11 is 0. The maximum atomic E-state index is 12.6. The molecule has 1 saturated carbocycles. The molecule has 0 aromatic heterocycles.